The normalized spacial score (nSPS) is 11.4. The molecule has 0 radical (unpaired) electrons. The van der Waals surface area contributed by atoms with E-state index in [4.69, 9.17) is 9.47 Å². The van der Waals surface area contributed by atoms with Crippen molar-refractivity contribution in [2.45, 2.75) is 33.6 Å². The third-order valence-corrected chi connectivity index (χ3v) is 6.77. The quantitative estimate of drug-likeness (QED) is 0.204. The molecule has 4 rings (SSSR count). The van der Waals surface area contributed by atoms with Crippen LogP contribution in [0.4, 0.5) is 5.69 Å². The van der Waals surface area contributed by atoms with Crippen LogP contribution in [0.15, 0.2) is 73.4 Å². The van der Waals surface area contributed by atoms with E-state index >= 15 is 0 Å². The number of amides is 1. The van der Waals surface area contributed by atoms with Crippen LogP contribution in [0.1, 0.15) is 43.6 Å². The Morgan fingerprint density at radius 1 is 1.10 bits per heavy atom. The van der Waals surface area contributed by atoms with Crippen LogP contribution < -0.4 is 20.3 Å². The van der Waals surface area contributed by atoms with Gasteiger partial charge in [-0.15, -0.1) is 0 Å². The van der Waals surface area contributed by atoms with Gasteiger partial charge in [0.15, 0.2) is 18.1 Å². The molecule has 0 unspecified atom stereocenters. The first kappa shape index (κ1) is 28.5. The molecule has 0 atom stereocenters. The second-order valence-electron chi connectivity index (χ2n) is 9.11. The summed E-state index contributed by atoms with van der Waals surface area (Å²) >= 11 is 6.95. The summed E-state index contributed by atoms with van der Waals surface area (Å²) in [5.74, 6) is 1.05. The molecule has 202 valence electrons. The molecule has 4 aromatic rings. The molecular formula is C29H28Br2N4O4. The first-order chi connectivity index (χ1) is 18.7. The zero-order valence-electron chi connectivity index (χ0n) is 22.0. The van der Waals surface area contributed by atoms with Gasteiger partial charge in [0.2, 0.25) is 0 Å². The van der Waals surface area contributed by atoms with Crippen LogP contribution >= 0.6 is 31.9 Å². The Labute approximate surface area is 243 Å². The summed E-state index contributed by atoms with van der Waals surface area (Å²) in [5.41, 5.74) is 2.82. The molecule has 0 aliphatic rings. The molecular weight excluding hydrogens is 628 g/mol. The molecule has 1 heterocycles. The maximum Gasteiger partial charge on any atom is 0.282 e. The molecule has 8 nitrogen and oxygen atoms in total. The van der Waals surface area contributed by atoms with E-state index < -0.39 is 0 Å². The Morgan fingerprint density at radius 3 is 2.54 bits per heavy atom. The summed E-state index contributed by atoms with van der Waals surface area (Å²) in [7, 11) is 0. The van der Waals surface area contributed by atoms with E-state index in [-0.39, 0.29) is 24.0 Å². The minimum Gasteiger partial charge on any atom is -0.490 e. The smallest absolute Gasteiger partial charge is 0.282 e. The van der Waals surface area contributed by atoms with Crippen LogP contribution in [0.3, 0.4) is 0 Å². The van der Waals surface area contributed by atoms with Crippen molar-refractivity contribution in [3.05, 3.63) is 90.8 Å². The molecule has 0 spiro atoms. The number of hydrogen-bond acceptors (Lipinski definition) is 6. The molecule has 3 aromatic carbocycles. The van der Waals surface area contributed by atoms with Gasteiger partial charge >= 0.3 is 0 Å². The molecule has 0 fully saturated rings. The fraction of sp³-hybridized carbons (Fsp3) is 0.241. The lowest BCUT2D eigenvalue weighted by Crippen LogP contribution is -2.23. The molecule has 1 N–H and O–H groups in total. The average Bonchev–Trinajstić information content (AvgIpc) is 2.89. The molecule has 0 bridgehead atoms. The van der Waals surface area contributed by atoms with E-state index in [1.54, 1.807) is 24.4 Å². The summed E-state index contributed by atoms with van der Waals surface area (Å²) in [6.07, 6.45) is 1.57. The standard InChI is InChI=1S/C29H28Br2N4O4/c1-5-38-25-13-19(12-23(31)27(25)39-16-26(36)33-21-9-6-18(4)7-10-21)15-32-35-28(17(2)3)34-24-11-8-20(30)14-22(24)29(35)37/h6-15,17H,5,16H2,1-4H3,(H,33,36). The Hall–Kier alpha value is -3.50. The van der Waals surface area contributed by atoms with Gasteiger partial charge in [-0.2, -0.15) is 9.78 Å². The number of fused-ring (bicyclic) bond motifs is 1. The zero-order valence-corrected chi connectivity index (χ0v) is 25.2. The van der Waals surface area contributed by atoms with Gasteiger partial charge in [0.05, 0.1) is 28.2 Å². The summed E-state index contributed by atoms with van der Waals surface area (Å²) in [4.78, 5) is 30.4. The number of halogens is 2. The van der Waals surface area contributed by atoms with Crippen molar-refractivity contribution in [3.63, 3.8) is 0 Å². The van der Waals surface area contributed by atoms with E-state index in [1.165, 1.54) is 4.68 Å². The number of carbonyl (C=O) groups is 1. The van der Waals surface area contributed by atoms with Crippen molar-refractivity contribution in [2.75, 3.05) is 18.5 Å². The van der Waals surface area contributed by atoms with Crippen LogP contribution in [-0.4, -0.2) is 35.0 Å². The molecule has 0 saturated carbocycles. The van der Waals surface area contributed by atoms with Crippen LogP contribution in [0.25, 0.3) is 10.9 Å². The minimum absolute atomic E-state index is 0.0320. The summed E-state index contributed by atoms with van der Waals surface area (Å²) in [5, 5.41) is 7.78. The summed E-state index contributed by atoms with van der Waals surface area (Å²) < 4.78 is 14.3. The third-order valence-electron chi connectivity index (χ3n) is 5.69. The van der Waals surface area contributed by atoms with Crippen LogP contribution in [0, 0.1) is 6.92 Å². The van der Waals surface area contributed by atoms with Crippen LogP contribution in [0.2, 0.25) is 0 Å². The summed E-state index contributed by atoms with van der Waals surface area (Å²) in [6, 6.07) is 16.5. The van der Waals surface area contributed by atoms with Gasteiger partial charge in [-0.05, 0) is 77.8 Å². The van der Waals surface area contributed by atoms with Gasteiger partial charge in [-0.1, -0.05) is 47.5 Å². The number of rotatable bonds is 9. The van der Waals surface area contributed by atoms with Gasteiger partial charge in [0.1, 0.15) is 5.82 Å². The Balaban J connectivity index is 1.60. The van der Waals surface area contributed by atoms with Gasteiger partial charge in [-0.3, -0.25) is 9.59 Å². The van der Waals surface area contributed by atoms with Crippen molar-refractivity contribution < 1.29 is 14.3 Å². The molecule has 0 saturated heterocycles. The number of aromatic nitrogens is 2. The Morgan fingerprint density at radius 2 is 1.85 bits per heavy atom. The number of anilines is 1. The van der Waals surface area contributed by atoms with E-state index in [0.29, 0.717) is 50.6 Å². The molecule has 0 aliphatic heterocycles. The first-order valence-corrected chi connectivity index (χ1v) is 14.0. The number of nitrogens with zero attached hydrogens (tertiary/aromatic N) is 3. The molecule has 10 heteroatoms. The predicted molar refractivity (Wildman–Crippen MR) is 161 cm³/mol. The Bertz CT molecular complexity index is 1600. The number of aryl methyl sites for hydroxylation is 1. The lowest BCUT2D eigenvalue weighted by Gasteiger charge is -2.15. The SMILES string of the molecule is CCOc1cc(C=Nn2c(C(C)C)nc3ccc(Br)cc3c2=O)cc(Br)c1OCC(=O)Nc1ccc(C)cc1. The fourth-order valence-electron chi connectivity index (χ4n) is 3.81. The lowest BCUT2D eigenvalue weighted by atomic mass is 10.2. The zero-order chi connectivity index (χ0) is 28.1. The number of carbonyl (C=O) groups excluding carboxylic acids is 1. The second-order valence-corrected chi connectivity index (χ2v) is 10.9. The Kier molecular flexibility index (Phi) is 9.19. The number of nitrogens with one attached hydrogen (secondary N) is 1. The number of hydrogen-bond donors (Lipinski definition) is 1. The molecule has 0 aliphatic carbocycles. The molecule has 39 heavy (non-hydrogen) atoms. The third kappa shape index (κ3) is 6.93. The van der Waals surface area contributed by atoms with Crippen LogP contribution in [-0.2, 0) is 4.79 Å². The number of benzene rings is 3. The topological polar surface area (TPSA) is 94.8 Å². The highest BCUT2D eigenvalue weighted by molar-refractivity contribution is 9.10. The van der Waals surface area contributed by atoms with Crippen molar-refractivity contribution >= 4 is 60.6 Å². The van der Waals surface area contributed by atoms with E-state index in [1.807, 2.05) is 64.1 Å². The predicted octanol–water partition coefficient (Wildman–Crippen LogP) is 6.65. The minimum atomic E-state index is -0.296. The van der Waals surface area contributed by atoms with E-state index in [9.17, 15) is 9.59 Å². The lowest BCUT2D eigenvalue weighted by molar-refractivity contribution is -0.118. The van der Waals surface area contributed by atoms with Gasteiger partial charge < -0.3 is 14.8 Å². The van der Waals surface area contributed by atoms with Crippen molar-refractivity contribution in [1.29, 1.82) is 0 Å². The molecule has 1 amide bonds. The van der Waals surface area contributed by atoms with E-state index in [0.717, 1.165) is 10.0 Å². The van der Waals surface area contributed by atoms with Crippen molar-refractivity contribution in [1.82, 2.24) is 9.66 Å². The first-order valence-electron chi connectivity index (χ1n) is 12.4. The second kappa shape index (κ2) is 12.6. The highest BCUT2D eigenvalue weighted by atomic mass is 79.9. The van der Waals surface area contributed by atoms with E-state index in [2.05, 4.69) is 47.3 Å². The fourth-order valence-corrected chi connectivity index (χ4v) is 4.75. The number of ether oxygens (including phenoxy) is 2. The van der Waals surface area contributed by atoms with Crippen LogP contribution in [0.5, 0.6) is 11.5 Å². The van der Waals surface area contributed by atoms with Gasteiger partial charge in [0.25, 0.3) is 11.5 Å². The van der Waals surface area contributed by atoms with Crippen molar-refractivity contribution in [3.8, 4) is 11.5 Å². The highest BCUT2D eigenvalue weighted by Gasteiger charge is 2.16. The average molecular weight is 656 g/mol. The molecule has 1 aromatic heterocycles. The summed E-state index contributed by atoms with van der Waals surface area (Å²) in [6.45, 7) is 7.95. The highest BCUT2D eigenvalue weighted by Crippen LogP contribution is 2.36. The monoisotopic (exact) mass is 654 g/mol. The van der Waals surface area contributed by atoms with Gasteiger partial charge in [0, 0.05) is 16.1 Å². The van der Waals surface area contributed by atoms with Crippen molar-refractivity contribution in [2.24, 2.45) is 5.10 Å². The largest absolute Gasteiger partial charge is 0.490 e. The van der Waals surface area contributed by atoms with Gasteiger partial charge in [-0.25, -0.2) is 4.98 Å². The maximum atomic E-state index is 13.3. The maximum absolute atomic E-state index is 13.3.